The number of hydrogen-bond acceptors (Lipinski definition) is 5. The molecule has 3 N–H and O–H groups in total. The standard InChI is InChI=1S/C14H12ClN3O4/c15-11-6-9(3-4-12(11)19)7-17-18-14(21)13(20)16-8-10-2-1-5-22-10/h1-7,19H,8H2,(H,16,20)(H,18,21)/b17-7-. The highest BCUT2D eigenvalue weighted by Gasteiger charge is 2.12. The van der Waals surface area contributed by atoms with Crippen molar-refractivity contribution in [1.82, 2.24) is 10.7 Å². The van der Waals surface area contributed by atoms with E-state index in [1.54, 1.807) is 18.2 Å². The van der Waals surface area contributed by atoms with Gasteiger partial charge in [0.15, 0.2) is 0 Å². The summed E-state index contributed by atoms with van der Waals surface area (Å²) in [6.45, 7) is 0.108. The maximum atomic E-state index is 11.5. The fourth-order valence-corrected chi connectivity index (χ4v) is 1.67. The molecule has 0 radical (unpaired) electrons. The number of phenols is 1. The molecule has 0 fully saturated rings. The van der Waals surface area contributed by atoms with Crippen LogP contribution in [0.4, 0.5) is 0 Å². The minimum Gasteiger partial charge on any atom is -0.506 e. The molecule has 0 unspecified atom stereocenters. The summed E-state index contributed by atoms with van der Waals surface area (Å²) in [7, 11) is 0. The second-order valence-electron chi connectivity index (χ2n) is 4.17. The Morgan fingerprint density at radius 1 is 1.32 bits per heavy atom. The second-order valence-corrected chi connectivity index (χ2v) is 4.58. The number of nitrogens with zero attached hydrogens (tertiary/aromatic N) is 1. The summed E-state index contributed by atoms with van der Waals surface area (Å²) in [4.78, 5) is 23.0. The SMILES string of the molecule is O=C(NCc1ccco1)C(=O)N/N=C\c1ccc(O)c(Cl)c1. The molecule has 2 aromatic rings. The van der Waals surface area contributed by atoms with Crippen molar-refractivity contribution < 1.29 is 19.1 Å². The molecule has 0 saturated carbocycles. The average Bonchev–Trinajstić information content (AvgIpc) is 3.01. The Bertz CT molecular complexity index is 698. The maximum absolute atomic E-state index is 11.5. The van der Waals surface area contributed by atoms with Crippen LogP contribution < -0.4 is 10.7 Å². The molecular weight excluding hydrogens is 310 g/mol. The number of rotatable bonds is 4. The number of carbonyl (C=O) groups is 2. The van der Waals surface area contributed by atoms with Gasteiger partial charge in [-0.25, -0.2) is 5.43 Å². The van der Waals surface area contributed by atoms with Gasteiger partial charge in [-0.2, -0.15) is 5.10 Å². The van der Waals surface area contributed by atoms with Crippen LogP contribution in [0, 0.1) is 0 Å². The Morgan fingerprint density at radius 3 is 2.82 bits per heavy atom. The zero-order valence-corrected chi connectivity index (χ0v) is 12.0. The molecule has 0 saturated heterocycles. The molecule has 2 amide bonds. The van der Waals surface area contributed by atoms with Gasteiger partial charge in [0, 0.05) is 0 Å². The minimum absolute atomic E-state index is 0.0554. The predicted octanol–water partition coefficient (Wildman–Crippen LogP) is 1.41. The first-order valence-corrected chi connectivity index (χ1v) is 6.56. The van der Waals surface area contributed by atoms with Crippen molar-refractivity contribution in [3.8, 4) is 5.75 Å². The first kappa shape index (κ1) is 15.6. The Balaban J connectivity index is 1.82. The lowest BCUT2D eigenvalue weighted by atomic mass is 10.2. The number of benzene rings is 1. The lowest BCUT2D eigenvalue weighted by Crippen LogP contribution is -2.37. The monoisotopic (exact) mass is 321 g/mol. The highest BCUT2D eigenvalue weighted by Crippen LogP contribution is 2.22. The van der Waals surface area contributed by atoms with Crippen LogP contribution in [-0.2, 0) is 16.1 Å². The quantitative estimate of drug-likeness (QED) is 0.450. The summed E-state index contributed by atoms with van der Waals surface area (Å²) in [5, 5.41) is 15.4. The van der Waals surface area contributed by atoms with E-state index in [1.165, 1.54) is 24.6 Å². The van der Waals surface area contributed by atoms with Gasteiger partial charge in [-0.3, -0.25) is 9.59 Å². The van der Waals surface area contributed by atoms with Gasteiger partial charge >= 0.3 is 11.8 Å². The first-order chi connectivity index (χ1) is 10.6. The molecule has 2 rings (SSSR count). The van der Waals surface area contributed by atoms with Crippen molar-refractivity contribution >= 4 is 29.6 Å². The third-order valence-corrected chi connectivity index (χ3v) is 2.86. The van der Waals surface area contributed by atoms with Gasteiger partial charge in [-0.1, -0.05) is 11.6 Å². The molecule has 22 heavy (non-hydrogen) atoms. The van der Waals surface area contributed by atoms with Gasteiger partial charge in [-0.15, -0.1) is 0 Å². The molecule has 0 bridgehead atoms. The summed E-state index contributed by atoms with van der Waals surface area (Å²) < 4.78 is 5.01. The summed E-state index contributed by atoms with van der Waals surface area (Å²) >= 11 is 5.72. The number of aromatic hydroxyl groups is 1. The molecule has 0 aliphatic rings. The van der Waals surface area contributed by atoms with Crippen molar-refractivity contribution in [2.24, 2.45) is 5.10 Å². The lowest BCUT2D eigenvalue weighted by molar-refractivity contribution is -0.139. The molecule has 1 aromatic carbocycles. The molecule has 8 heteroatoms. The summed E-state index contributed by atoms with van der Waals surface area (Å²) in [6, 6.07) is 7.75. The van der Waals surface area contributed by atoms with Crippen LogP contribution in [0.5, 0.6) is 5.75 Å². The van der Waals surface area contributed by atoms with Crippen molar-refractivity contribution in [2.75, 3.05) is 0 Å². The van der Waals surface area contributed by atoms with E-state index in [4.69, 9.17) is 16.0 Å². The predicted molar refractivity (Wildman–Crippen MR) is 79.4 cm³/mol. The zero-order valence-electron chi connectivity index (χ0n) is 11.2. The van der Waals surface area contributed by atoms with Crippen molar-refractivity contribution in [3.63, 3.8) is 0 Å². The van der Waals surface area contributed by atoms with E-state index < -0.39 is 11.8 Å². The Labute approximate surface area is 130 Å². The van der Waals surface area contributed by atoms with Crippen LogP contribution >= 0.6 is 11.6 Å². The number of phenolic OH excluding ortho intramolecular Hbond substituents is 1. The van der Waals surface area contributed by atoms with Crippen LogP contribution in [-0.4, -0.2) is 23.1 Å². The number of furan rings is 1. The normalized spacial score (nSPS) is 10.6. The fraction of sp³-hybridized carbons (Fsp3) is 0.0714. The van der Waals surface area contributed by atoms with Crippen molar-refractivity contribution in [2.45, 2.75) is 6.54 Å². The molecule has 114 valence electrons. The molecule has 0 aliphatic heterocycles. The van der Waals surface area contributed by atoms with Gasteiger partial charge in [0.2, 0.25) is 0 Å². The first-order valence-electron chi connectivity index (χ1n) is 6.18. The van der Waals surface area contributed by atoms with Crippen LogP contribution in [0.1, 0.15) is 11.3 Å². The number of halogens is 1. The fourth-order valence-electron chi connectivity index (χ4n) is 1.48. The summed E-state index contributed by atoms with van der Waals surface area (Å²) in [5.41, 5.74) is 2.63. The Kier molecular flexibility index (Phi) is 5.16. The number of nitrogens with one attached hydrogen (secondary N) is 2. The average molecular weight is 322 g/mol. The number of carbonyl (C=O) groups excluding carboxylic acids is 2. The van der Waals surface area contributed by atoms with E-state index in [0.717, 1.165) is 0 Å². The Morgan fingerprint density at radius 2 is 2.14 bits per heavy atom. The maximum Gasteiger partial charge on any atom is 0.329 e. The number of hydrazone groups is 1. The molecule has 0 spiro atoms. The summed E-state index contributed by atoms with van der Waals surface area (Å²) in [6.07, 6.45) is 2.76. The van der Waals surface area contributed by atoms with Gasteiger partial charge < -0.3 is 14.8 Å². The van der Waals surface area contributed by atoms with E-state index >= 15 is 0 Å². The highest BCUT2D eigenvalue weighted by molar-refractivity contribution is 6.35. The second kappa shape index (κ2) is 7.28. The molecule has 7 nitrogen and oxygen atoms in total. The minimum atomic E-state index is -0.910. The van der Waals surface area contributed by atoms with Gasteiger partial charge in [0.1, 0.15) is 11.5 Å². The van der Waals surface area contributed by atoms with Gasteiger partial charge in [-0.05, 0) is 35.9 Å². The topological polar surface area (TPSA) is 104 Å². The van der Waals surface area contributed by atoms with E-state index in [9.17, 15) is 14.7 Å². The van der Waals surface area contributed by atoms with E-state index in [-0.39, 0.29) is 17.3 Å². The van der Waals surface area contributed by atoms with Crippen LogP contribution in [0.2, 0.25) is 5.02 Å². The molecular formula is C14H12ClN3O4. The highest BCUT2D eigenvalue weighted by atomic mass is 35.5. The zero-order chi connectivity index (χ0) is 15.9. The van der Waals surface area contributed by atoms with Gasteiger partial charge in [0.05, 0.1) is 24.0 Å². The van der Waals surface area contributed by atoms with Crippen molar-refractivity contribution in [3.05, 3.63) is 52.9 Å². The molecule has 0 atom stereocenters. The number of amides is 2. The molecule has 0 aliphatic carbocycles. The third-order valence-electron chi connectivity index (χ3n) is 2.56. The third kappa shape index (κ3) is 4.35. The number of hydrogen-bond donors (Lipinski definition) is 3. The Hall–Kier alpha value is -2.80. The largest absolute Gasteiger partial charge is 0.506 e. The van der Waals surface area contributed by atoms with Crippen LogP contribution in [0.25, 0.3) is 0 Å². The molecule has 1 heterocycles. The van der Waals surface area contributed by atoms with Crippen molar-refractivity contribution in [1.29, 1.82) is 0 Å². The summed E-state index contributed by atoms with van der Waals surface area (Å²) in [5.74, 6) is -1.27. The van der Waals surface area contributed by atoms with Crippen LogP contribution in [0.15, 0.2) is 46.1 Å². The van der Waals surface area contributed by atoms with E-state index in [2.05, 4.69) is 15.8 Å². The van der Waals surface area contributed by atoms with Gasteiger partial charge in [0.25, 0.3) is 0 Å². The van der Waals surface area contributed by atoms with Crippen LogP contribution in [0.3, 0.4) is 0 Å². The smallest absolute Gasteiger partial charge is 0.329 e. The van der Waals surface area contributed by atoms with E-state index in [0.29, 0.717) is 11.3 Å². The lowest BCUT2D eigenvalue weighted by Gasteiger charge is -2.01. The van der Waals surface area contributed by atoms with E-state index in [1.807, 2.05) is 0 Å². The molecule has 1 aromatic heterocycles.